The second-order valence-electron chi connectivity index (χ2n) is 7.50. The van der Waals surface area contributed by atoms with Crippen molar-refractivity contribution < 1.29 is 4.79 Å². The Kier molecular flexibility index (Phi) is 6.51. The summed E-state index contributed by atoms with van der Waals surface area (Å²) in [5.41, 5.74) is 7.04. The van der Waals surface area contributed by atoms with E-state index in [1.807, 2.05) is 43.4 Å². The number of rotatable bonds is 8. The number of nitrogens with one attached hydrogen (secondary N) is 3. The molecule has 0 atom stereocenters. The molecule has 1 heterocycles. The van der Waals surface area contributed by atoms with Gasteiger partial charge in [-0.2, -0.15) is 0 Å². The van der Waals surface area contributed by atoms with Crippen molar-refractivity contribution in [2.24, 2.45) is 0 Å². The van der Waals surface area contributed by atoms with Gasteiger partial charge in [-0.1, -0.05) is 42.5 Å². The number of carbonyl (C=O) groups excluding carboxylic acids is 1. The average molecular weight is 424 g/mol. The van der Waals surface area contributed by atoms with Gasteiger partial charge in [-0.25, -0.2) is 4.98 Å². The normalized spacial score (nSPS) is 10.7. The Morgan fingerprint density at radius 2 is 1.75 bits per heavy atom. The summed E-state index contributed by atoms with van der Waals surface area (Å²) >= 11 is 0. The molecule has 6 nitrogen and oxygen atoms in total. The minimum Gasteiger partial charge on any atom is -0.388 e. The largest absolute Gasteiger partial charge is 0.388 e. The molecule has 160 valence electrons. The van der Waals surface area contributed by atoms with Gasteiger partial charge in [0.05, 0.1) is 17.2 Å². The van der Waals surface area contributed by atoms with E-state index in [2.05, 4.69) is 50.9 Å². The molecule has 0 saturated heterocycles. The number of carbonyl (C=O) groups is 1. The van der Waals surface area contributed by atoms with Gasteiger partial charge in [-0.15, -0.1) is 0 Å². The topological polar surface area (TPSA) is 90.8 Å². The van der Waals surface area contributed by atoms with E-state index in [1.165, 1.54) is 18.0 Å². The SMILES string of the molecule is CNc1ccc(-c2ccc(CCCNC(=O)c3cnc4ccccc4n3)cc2)cc1C=N. The third kappa shape index (κ3) is 4.81. The molecule has 4 rings (SSSR count). The second-order valence-corrected chi connectivity index (χ2v) is 7.50. The standard InChI is InChI=1S/C26H25N5O/c1-28-22-13-12-20(15-21(22)16-27)19-10-8-18(9-11-19)5-4-14-29-26(32)25-17-30-23-6-2-3-7-24(23)31-25/h2-3,6-13,15-17,27-28H,4-5,14H2,1H3,(H,29,32). The van der Waals surface area contributed by atoms with Gasteiger partial charge in [-0.05, 0) is 53.8 Å². The lowest BCUT2D eigenvalue weighted by molar-refractivity contribution is 0.0948. The molecule has 0 spiro atoms. The summed E-state index contributed by atoms with van der Waals surface area (Å²) in [6, 6.07) is 22.0. The van der Waals surface area contributed by atoms with Gasteiger partial charge >= 0.3 is 0 Å². The minimum atomic E-state index is -0.203. The molecule has 4 aromatic rings. The first-order chi connectivity index (χ1) is 15.7. The maximum absolute atomic E-state index is 12.4. The number of hydrogen-bond acceptors (Lipinski definition) is 5. The van der Waals surface area contributed by atoms with Crippen LogP contribution in [-0.4, -0.2) is 35.7 Å². The van der Waals surface area contributed by atoms with Gasteiger partial charge in [0, 0.05) is 31.1 Å². The van der Waals surface area contributed by atoms with Gasteiger partial charge in [0.15, 0.2) is 0 Å². The van der Waals surface area contributed by atoms with Crippen LogP contribution in [0.15, 0.2) is 72.9 Å². The number of hydrogen-bond donors (Lipinski definition) is 3. The van der Waals surface area contributed by atoms with E-state index >= 15 is 0 Å². The maximum atomic E-state index is 12.4. The van der Waals surface area contributed by atoms with Crippen molar-refractivity contribution >= 4 is 28.8 Å². The summed E-state index contributed by atoms with van der Waals surface area (Å²) in [6.07, 6.45) is 4.58. The number of fused-ring (bicyclic) bond motifs is 1. The van der Waals surface area contributed by atoms with E-state index in [-0.39, 0.29) is 5.91 Å². The number of para-hydroxylation sites is 2. The number of aryl methyl sites for hydroxylation is 1. The minimum absolute atomic E-state index is 0.203. The van der Waals surface area contributed by atoms with Gasteiger partial charge < -0.3 is 16.0 Å². The summed E-state index contributed by atoms with van der Waals surface area (Å²) in [5.74, 6) is -0.203. The first kappa shape index (κ1) is 21.2. The molecular weight excluding hydrogens is 398 g/mol. The third-order valence-corrected chi connectivity index (χ3v) is 5.37. The van der Waals surface area contributed by atoms with E-state index in [9.17, 15) is 4.79 Å². The molecule has 32 heavy (non-hydrogen) atoms. The molecule has 1 amide bonds. The summed E-state index contributed by atoms with van der Waals surface area (Å²) in [7, 11) is 1.86. The number of aromatic nitrogens is 2. The molecular formula is C26H25N5O. The maximum Gasteiger partial charge on any atom is 0.271 e. The van der Waals surface area contributed by atoms with Crippen LogP contribution >= 0.6 is 0 Å². The second kappa shape index (κ2) is 9.83. The van der Waals surface area contributed by atoms with Crippen LogP contribution in [0.2, 0.25) is 0 Å². The van der Waals surface area contributed by atoms with E-state index in [0.29, 0.717) is 17.8 Å². The molecule has 0 aliphatic carbocycles. The molecule has 0 unspecified atom stereocenters. The van der Waals surface area contributed by atoms with Crippen molar-refractivity contribution in [2.45, 2.75) is 12.8 Å². The Balaban J connectivity index is 1.30. The predicted molar refractivity (Wildman–Crippen MR) is 130 cm³/mol. The zero-order valence-corrected chi connectivity index (χ0v) is 17.9. The van der Waals surface area contributed by atoms with Crippen LogP contribution < -0.4 is 10.6 Å². The number of anilines is 1. The Morgan fingerprint density at radius 3 is 2.50 bits per heavy atom. The summed E-state index contributed by atoms with van der Waals surface area (Å²) in [6.45, 7) is 0.573. The fourth-order valence-electron chi connectivity index (χ4n) is 3.60. The molecule has 0 radical (unpaired) electrons. The molecule has 0 fully saturated rings. The fourth-order valence-corrected chi connectivity index (χ4v) is 3.60. The lowest BCUT2D eigenvalue weighted by Gasteiger charge is -2.09. The molecule has 3 N–H and O–H groups in total. The predicted octanol–water partition coefficient (Wildman–Crippen LogP) is 4.70. The van der Waals surface area contributed by atoms with Crippen molar-refractivity contribution in [1.82, 2.24) is 15.3 Å². The van der Waals surface area contributed by atoms with Crippen LogP contribution in [0.3, 0.4) is 0 Å². The van der Waals surface area contributed by atoms with E-state index in [0.717, 1.165) is 40.7 Å². The van der Waals surface area contributed by atoms with Crippen LogP contribution in [0.5, 0.6) is 0 Å². The Bertz CT molecular complexity index is 1250. The highest BCUT2D eigenvalue weighted by Gasteiger charge is 2.08. The van der Waals surface area contributed by atoms with Gasteiger partial charge in [0.1, 0.15) is 5.69 Å². The highest BCUT2D eigenvalue weighted by Crippen LogP contribution is 2.25. The highest BCUT2D eigenvalue weighted by atomic mass is 16.1. The smallest absolute Gasteiger partial charge is 0.271 e. The molecule has 0 aliphatic rings. The van der Waals surface area contributed by atoms with Crippen LogP contribution in [0.1, 0.15) is 28.0 Å². The first-order valence-electron chi connectivity index (χ1n) is 10.6. The molecule has 1 aromatic heterocycles. The molecule has 0 saturated carbocycles. The molecule has 0 bridgehead atoms. The van der Waals surface area contributed by atoms with Crippen molar-refractivity contribution in [2.75, 3.05) is 18.9 Å². The Hall–Kier alpha value is -4.06. The number of benzene rings is 3. The number of amides is 1. The van der Waals surface area contributed by atoms with Gasteiger partial charge in [-0.3, -0.25) is 9.78 Å². The summed E-state index contributed by atoms with van der Waals surface area (Å²) in [4.78, 5) is 21.0. The summed E-state index contributed by atoms with van der Waals surface area (Å²) in [5, 5.41) is 13.6. The molecule has 6 heteroatoms. The van der Waals surface area contributed by atoms with Gasteiger partial charge in [0.2, 0.25) is 0 Å². The zero-order valence-electron chi connectivity index (χ0n) is 17.9. The fraction of sp³-hybridized carbons (Fsp3) is 0.154. The van der Waals surface area contributed by atoms with Crippen LogP contribution in [0.25, 0.3) is 22.2 Å². The van der Waals surface area contributed by atoms with Crippen molar-refractivity contribution in [3.8, 4) is 11.1 Å². The number of nitrogens with zero attached hydrogens (tertiary/aromatic N) is 2. The van der Waals surface area contributed by atoms with Crippen LogP contribution in [-0.2, 0) is 6.42 Å². The molecule has 3 aromatic carbocycles. The van der Waals surface area contributed by atoms with Crippen LogP contribution in [0.4, 0.5) is 5.69 Å². The van der Waals surface area contributed by atoms with E-state index in [1.54, 1.807) is 0 Å². The van der Waals surface area contributed by atoms with Crippen molar-refractivity contribution in [3.63, 3.8) is 0 Å². The van der Waals surface area contributed by atoms with Crippen LogP contribution in [0, 0.1) is 5.41 Å². The lowest BCUT2D eigenvalue weighted by Crippen LogP contribution is -2.25. The Morgan fingerprint density at radius 1 is 1.00 bits per heavy atom. The quantitative estimate of drug-likeness (QED) is 0.283. The van der Waals surface area contributed by atoms with Crippen molar-refractivity contribution in [3.05, 3.63) is 89.7 Å². The third-order valence-electron chi connectivity index (χ3n) is 5.37. The van der Waals surface area contributed by atoms with Gasteiger partial charge in [0.25, 0.3) is 5.91 Å². The van der Waals surface area contributed by atoms with E-state index in [4.69, 9.17) is 5.41 Å². The lowest BCUT2D eigenvalue weighted by atomic mass is 10.00. The highest BCUT2D eigenvalue weighted by molar-refractivity contribution is 5.93. The summed E-state index contributed by atoms with van der Waals surface area (Å²) < 4.78 is 0. The Labute approximate surface area is 187 Å². The molecule has 0 aliphatic heterocycles. The van der Waals surface area contributed by atoms with E-state index < -0.39 is 0 Å². The van der Waals surface area contributed by atoms with Crippen molar-refractivity contribution in [1.29, 1.82) is 5.41 Å². The first-order valence-corrected chi connectivity index (χ1v) is 10.6. The monoisotopic (exact) mass is 423 g/mol. The zero-order chi connectivity index (χ0) is 22.3. The average Bonchev–Trinajstić information content (AvgIpc) is 2.86.